The number of hydrogen-bond acceptors (Lipinski definition) is 8. The number of ether oxygens (including phenoxy) is 2. The molecule has 0 aromatic rings. The van der Waals surface area contributed by atoms with E-state index in [1.807, 2.05) is 0 Å². The van der Waals surface area contributed by atoms with Crippen LogP contribution in [0.25, 0.3) is 0 Å². The van der Waals surface area contributed by atoms with Gasteiger partial charge in [-0.15, -0.1) is 0 Å². The first-order valence-electron chi connectivity index (χ1n) is 35.7. The van der Waals surface area contributed by atoms with Crippen molar-refractivity contribution in [3.8, 4) is 0 Å². The molecule has 0 aliphatic rings. The van der Waals surface area contributed by atoms with Crippen molar-refractivity contribution >= 4 is 19.8 Å². The van der Waals surface area contributed by atoms with Crippen molar-refractivity contribution in [2.45, 2.75) is 341 Å². The van der Waals surface area contributed by atoms with Gasteiger partial charge < -0.3 is 20.1 Å². The van der Waals surface area contributed by atoms with Crippen molar-refractivity contribution in [1.82, 2.24) is 0 Å². The SMILES string of the molecule is CC/C=C\C/C=C\C/C=C\C/C=C\C/C=C\C/C=C\CCCCCCCCCCCCCCCCCCCCCCC(=O)OC(COC(=O)CCCCCCCCCCCCCCC/C=C\C/C=C\CCCCCCC)COP(=O)(O)OCCN. The molecule has 2 atom stereocenters. The fourth-order valence-corrected chi connectivity index (χ4v) is 11.0. The van der Waals surface area contributed by atoms with Crippen molar-refractivity contribution in [2.24, 2.45) is 5.73 Å². The van der Waals surface area contributed by atoms with E-state index in [-0.39, 0.29) is 38.6 Å². The molecule has 0 fully saturated rings. The summed E-state index contributed by atoms with van der Waals surface area (Å²) in [5.74, 6) is -0.816. The standard InChI is InChI=1S/C75H134NO8P/c1-3-5-7-9-11-13-15-17-19-21-23-25-27-29-30-31-32-33-34-35-36-37-38-39-40-41-42-44-46-48-50-52-54-56-58-60-62-64-66-68-75(78)84-73(72-83-85(79,80)82-70-69-76)71-81-74(77)67-65-63-61-59-57-55-53-51-49-47-45-43-28-26-24-22-20-18-16-14-12-10-8-6-4-2/h5,7,11,13,16-19,22-25,29-30,32-33,73H,3-4,6,8-10,12,14-15,20-21,26-28,31,34-72,76H2,1-2H3,(H,79,80)/b7-5-,13-11-,18-16-,19-17-,24-22-,25-23-,30-29-,33-32-. The Kier molecular flexibility index (Phi) is 67.5. The van der Waals surface area contributed by atoms with Gasteiger partial charge >= 0.3 is 19.8 Å². The molecule has 0 saturated heterocycles. The molecule has 0 aliphatic carbocycles. The van der Waals surface area contributed by atoms with Gasteiger partial charge in [-0.2, -0.15) is 0 Å². The maximum Gasteiger partial charge on any atom is 0.472 e. The minimum atomic E-state index is -4.40. The van der Waals surface area contributed by atoms with Crippen LogP contribution in [0.4, 0.5) is 0 Å². The zero-order chi connectivity index (χ0) is 61.6. The number of phosphoric acid groups is 1. The number of allylic oxidation sites excluding steroid dienone is 16. The Labute approximate surface area is 525 Å². The fraction of sp³-hybridized carbons (Fsp3) is 0.760. The molecule has 0 heterocycles. The Bertz CT molecular complexity index is 1720. The van der Waals surface area contributed by atoms with Crippen LogP contribution in [-0.4, -0.2) is 49.3 Å². The minimum Gasteiger partial charge on any atom is -0.462 e. The summed E-state index contributed by atoms with van der Waals surface area (Å²) in [6.07, 6.45) is 95.1. The molecule has 2 unspecified atom stereocenters. The minimum absolute atomic E-state index is 0.0524. The third-order valence-electron chi connectivity index (χ3n) is 15.5. The van der Waals surface area contributed by atoms with Gasteiger partial charge in [-0.3, -0.25) is 18.6 Å². The van der Waals surface area contributed by atoms with Crippen LogP contribution in [-0.2, 0) is 32.7 Å². The third-order valence-corrected chi connectivity index (χ3v) is 16.4. The van der Waals surface area contributed by atoms with Crippen LogP contribution < -0.4 is 5.73 Å². The highest BCUT2D eigenvalue weighted by atomic mass is 31.2. The summed E-state index contributed by atoms with van der Waals surface area (Å²) in [6, 6.07) is 0. The molecule has 9 nitrogen and oxygen atoms in total. The third kappa shape index (κ3) is 69.9. The average molecular weight is 1210 g/mol. The molecule has 492 valence electrons. The Balaban J connectivity index is 3.83. The molecule has 0 aliphatic heterocycles. The Morgan fingerprint density at radius 2 is 0.647 bits per heavy atom. The molecule has 0 radical (unpaired) electrons. The number of carbonyl (C=O) groups excluding carboxylic acids is 2. The van der Waals surface area contributed by atoms with Gasteiger partial charge in [0.25, 0.3) is 0 Å². The molecule has 0 amide bonds. The number of esters is 2. The molecule has 85 heavy (non-hydrogen) atoms. The number of phosphoric ester groups is 1. The van der Waals surface area contributed by atoms with Crippen molar-refractivity contribution in [3.63, 3.8) is 0 Å². The van der Waals surface area contributed by atoms with E-state index in [1.54, 1.807) is 0 Å². The monoisotopic (exact) mass is 1210 g/mol. The molecular weight excluding hydrogens is 1070 g/mol. The first-order valence-corrected chi connectivity index (χ1v) is 37.2. The van der Waals surface area contributed by atoms with E-state index < -0.39 is 26.5 Å². The average Bonchev–Trinajstić information content (AvgIpc) is 3.53. The van der Waals surface area contributed by atoms with Gasteiger partial charge in [-0.25, -0.2) is 4.57 Å². The van der Waals surface area contributed by atoms with Crippen LogP contribution in [0.15, 0.2) is 97.2 Å². The van der Waals surface area contributed by atoms with E-state index in [9.17, 15) is 19.0 Å². The summed E-state index contributed by atoms with van der Waals surface area (Å²) in [6.45, 7) is 3.66. The Morgan fingerprint density at radius 1 is 0.365 bits per heavy atom. The van der Waals surface area contributed by atoms with Crippen molar-refractivity contribution < 1.29 is 37.6 Å². The molecule has 0 rings (SSSR count). The maximum absolute atomic E-state index is 12.8. The van der Waals surface area contributed by atoms with Gasteiger partial charge in [0.1, 0.15) is 6.61 Å². The summed E-state index contributed by atoms with van der Waals surface area (Å²) in [5, 5.41) is 0. The van der Waals surface area contributed by atoms with E-state index in [0.717, 1.165) is 83.5 Å². The lowest BCUT2D eigenvalue weighted by atomic mass is 10.0. The quantitative estimate of drug-likeness (QED) is 0.0264. The predicted octanol–water partition coefficient (Wildman–Crippen LogP) is 23.5. The lowest BCUT2D eigenvalue weighted by Gasteiger charge is -2.19. The van der Waals surface area contributed by atoms with Gasteiger partial charge in [0, 0.05) is 19.4 Å². The van der Waals surface area contributed by atoms with Crippen LogP contribution in [0.1, 0.15) is 335 Å². The smallest absolute Gasteiger partial charge is 0.462 e. The number of nitrogens with two attached hydrogens (primary N) is 1. The number of rotatable bonds is 67. The van der Waals surface area contributed by atoms with Crippen LogP contribution in [0.3, 0.4) is 0 Å². The first kappa shape index (κ1) is 81.9. The second kappa shape index (κ2) is 70.0. The molecule has 0 aromatic carbocycles. The van der Waals surface area contributed by atoms with E-state index in [2.05, 4.69) is 111 Å². The largest absolute Gasteiger partial charge is 0.472 e. The first-order chi connectivity index (χ1) is 41.8. The Morgan fingerprint density at radius 3 is 0.965 bits per heavy atom. The molecule has 0 bridgehead atoms. The lowest BCUT2D eigenvalue weighted by Crippen LogP contribution is -2.29. The van der Waals surface area contributed by atoms with E-state index in [4.69, 9.17) is 24.3 Å². The summed E-state index contributed by atoms with van der Waals surface area (Å²) in [7, 11) is -4.40. The van der Waals surface area contributed by atoms with Crippen LogP contribution in [0.5, 0.6) is 0 Å². The predicted molar refractivity (Wildman–Crippen MR) is 367 cm³/mol. The second-order valence-electron chi connectivity index (χ2n) is 23.7. The van der Waals surface area contributed by atoms with E-state index in [1.165, 1.54) is 218 Å². The maximum atomic E-state index is 12.8. The van der Waals surface area contributed by atoms with Crippen molar-refractivity contribution in [2.75, 3.05) is 26.4 Å². The zero-order valence-electron chi connectivity index (χ0n) is 55.3. The lowest BCUT2D eigenvalue weighted by molar-refractivity contribution is -0.161. The van der Waals surface area contributed by atoms with Crippen molar-refractivity contribution in [1.29, 1.82) is 0 Å². The van der Waals surface area contributed by atoms with Gasteiger partial charge in [-0.05, 0) is 96.3 Å². The molecule has 0 spiro atoms. The Hall–Kier alpha value is -3.07. The number of carbonyl (C=O) groups is 2. The van der Waals surface area contributed by atoms with Gasteiger partial charge in [0.05, 0.1) is 13.2 Å². The van der Waals surface area contributed by atoms with Crippen LogP contribution in [0, 0.1) is 0 Å². The highest BCUT2D eigenvalue weighted by Crippen LogP contribution is 2.43. The molecule has 0 aromatic heterocycles. The highest BCUT2D eigenvalue weighted by Gasteiger charge is 2.26. The zero-order valence-corrected chi connectivity index (χ0v) is 56.2. The molecule has 10 heteroatoms. The van der Waals surface area contributed by atoms with Gasteiger partial charge in [-0.1, -0.05) is 323 Å². The molecular formula is C75H134NO8P. The second-order valence-corrected chi connectivity index (χ2v) is 25.2. The summed E-state index contributed by atoms with van der Waals surface area (Å²) >= 11 is 0. The summed E-state index contributed by atoms with van der Waals surface area (Å²) in [4.78, 5) is 35.4. The molecule has 0 saturated carbocycles. The number of hydrogen-bond donors (Lipinski definition) is 2. The van der Waals surface area contributed by atoms with E-state index >= 15 is 0 Å². The fourth-order valence-electron chi connectivity index (χ4n) is 10.2. The summed E-state index contributed by atoms with van der Waals surface area (Å²) in [5.41, 5.74) is 5.40. The highest BCUT2D eigenvalue weighted by molar-refractivity contribution is 7.47. The normalized spacial score (nSPS) is 13.5. The van der Waals surface area contributed by atoms with E-state index in [0.29, 0.717) is 6.42 Å². The molecule has 3 N–H and O–H groups in total. The van der Waals surface area contributed by atoms with Crippen LogP contribution in [0.2, 0.25) is 0 Å². The van der Waals surface area contributed by atoms with Gasteiger partial charge in [0.2, 0.25) is 0 Å². The van der Waals surface area contributed by atoms with Crippen LogP contribution >= 0.6 is 7.82 Å². The van der Waals surface area contributed by atoms with Crippen molar-refractivity contribution in [3.05, 3.63) is 97.2 Å². The number of unbranched alkanes of at least 4 members (excludes halogenated alkanes) is 38. The topological polar surface area (TPSA) is 134 Å². The summed E-state index contributed by atoms with van der Waals surface area (Å²) < 4.78 is 33.2. The van der Waals surface area contributed by atoms with Gasteiger partial charge in [0.15, 0.2) is 6.10 Å².